The highest BCUT2D eigenvalue weighted by Gasteiger charge is 2.30. The Morgan fingerprint density at radius 2 is 1.82 bits per heavy atom. The van der Waals surface area contributed by atoms with Crippen molar-refractivity contribution in [3.63, 3.8) is 0 Å². The van der Waals surface area contributed by atoms with E-state index in [4.69, 9.17) is 9.73 Å². The highest BCUT2D eigenvalue weighted by Crippen LogP contribution is 2.35. The highest BCUT2D eigenvalue weighted by molar-refractivity contribution is 8.13. The number of aryl methyl sites for hydroxylation is 2. The van der Waals surface area contributed by atoms with Crippen molar-refractivity contribution < 1.29 is 9.53 Å². The first-order valence-corrected chi connectivity index (χ1v) is 12.2. The number of benzene rings is 3. The van der Waals surface area contributed by atoms with Gasteiger partial charge in [0.25, 0.3) is 5.91 Å². The van der Waals surface area contributed by atoms with Gasteiger partial charge < -0.3 is 15.4 Å². The van der Waals surface area contributed by atoms with Crippen LogP contribution in [0.2, 0.25) is 0 Å². The van der Waals surface area contributed by atoms with Gasteiger partial charge in [0.15, 0.2) is 5.17 Å². The van der Waals surface area contributed by atoms with Crippen LogP contribution < -0.4 is 15.4 Å². The summed E-state index contributed by atoms with van der Waals surface area (Å²) in [5, 5.41) is 7.17. The van der Waals surface area contributed by atoms with Crippen LogP contribution >= 0.6 is 11.8 Å². The van der Waals surface area contributed by atoms with Crippen LogP contribution in [0.4, 0.5) is 5.69 Å². The molecule has 0 radical (unpaired) electrons. The first-order chi connectivity index (χ1) is 16.4. The largest absolute Gasteiger partial charge is 0.496 e. The Morgan fingerprint density at radius 3 is 2.56 bits per heavy atom. The molecule has 3 aromatic rings. The minimum atomic E-state index is -0.445. The van der Waals surface area contributed by atoms with Crippen molar-refractivity contribution in [1.29, 1.82) is 0 Å². The minimum absolute atomic E-state index is 0.174. The molecule has 0 saturated heterocycles. The lowest BCUT2D eigenvalue weighted by Crippen LogP contribution is -2.32. The third-order valence-electron chi connectivity index (χ3n) is 5.70. The number of carbonyl (C=O) groups excluding carboxylic acids is 1. The standard InChI is InChI=1S/C28H29N3O2S/c1-18-9-8-10-21(15-18)17-34-28-29-20(3)25(27(32)30-23-11-6-5-7-12-23)26(31-28)22-14-13-19(2)24(16-22)33-4/h5-16,26H,17H2,1-4H3,(H,29,31)(H,30,32)/t26-/m1/s1. The van der Waals surface area contributed by atoms with Gasteiger partial charge in [0.1, 0.15) is 11.8 Å². The number of aliphatic imine (C=N–C) groups is 1. The average molecular weight is 472 g/mol. The second-order valence-electron chi connectivity index (χ2n) is 8.33. The topological polar surface area (TPSA) is 62.7 Å². The maximum atomic E-state index is 13.4. The molecule has 1 heterocycles. The fourth-order valence-electron chi connectivity index (χ4n) is 3.94. The molecule has 0 unspecified atom stereocenters. The Bertz CT molecular complexity index is 1250. The van der Waals surface area contributed by atoms with Crippen LogP contribution in [0, 0.1) is 13.8 Å². The molecule has 5 nitrogen and oxygen atoms in total. The molecule has 1 aliphatic heterocycles. The summed E-state index contributed by atoms with van der Waals surface area (Å²) in [7, 11) is 1.66. The van der Waals surface area contributed by atoms with Gasteiger partial charge in [-0.1, -0.05) is 71.9 Å². The molecule has 1 amide bonds. The molecule has 3 aromatic carbocycles. The molecule has 34 heavy (non-hydrogen) atoms. The summed E-state index contributed by atoms with van der Waals surface area (Å²) in [5.74, 6) is 1.39. The summed E-state index contributed by atoms with van der Waals surface area (Å²) in [6.45, 7) is 6.03. The second kappa shape index (κ2) is 10.6. The number of amides is 1. The molecule has 1 aliphatic rings. The number of allylic oxidation sites excluding steroid dienone is 1. The van der Waals surface area contributed by atoms with Gasteiger partial charge >= 0.3 is 0 Å². The van der Waals surface area contributed by atoms with Gasteiger partial charge in [-0.2, -0.15) is 0 Å². The number of anilines is 1. The smallest absolute Gasteiger partial charge is 0.255 e. The summed E-state index contributed by atoms with van der Waals surface area (Å²) in [5.41, 5.74) is 6.55. The van der Waals surface area contributed by atoms with Gasteiger partial charge in [-0.3, -0.25) is 4.79 Å². The lowest BCUT2D eigenvalue weighted by atomic mass is 9.94. The van der Waals surface area contributed by atoms with Crippen LogP contribution in [0.25, 0.3) is 0 Å². The number of para-hydroxylation sites is 1. The van der Waals surface area contributed by atoms with Crippen molar-refractivity contribution in [1.82, 2.24) is 5.32 Å². The molecule has 4 rings (SSSR count). The number of amidine groups is 1. The number of carbonyl (C=O) groups is 1. The van der Waals surface area contributed by atoms with Gasteiger partial charge in [-0.05, 0) is 55.7 Å². The van der Waals surface area contributed by atoms with E-state index >= 15 is 0 Å². The minimum Gasteiger partial charge on any atom is -0.496 e. The van der Waals surface area contributed by atoms with E-state index < -0.39 is 6.04 Å². The van der Waals surface area contributed by atoms with E-state index in [0.29, 0.717) is 5.57 Å². The van der Waals surface area contributed by atoms with Gasteiger partial charge in [0.2, 0.25) is 0 Å². The number of methoxy groups -OCH3 is 1. The summed E-state index contributed by atoms with van der Waals surface area (Å²) in [6.07, 6.45) is 0. The van der Waals surface area contributed by atoms with Crippen LogP contribution in [0.5, 0.6) is 5.75 Å². The first-order valence-electron chi connectivity index (χ1n) is 11.2. The van der Waals surface area contributed by atoms with Crippen molar-refractivity contribution in [3.8, 4) is 5.75 Å². The molecule has 0 saturated carbocycles. The Kier molecular flexibility index (Phi) is 7.38. The molecule has 174 valence electrons. The molecule has 0 aliphatic carbocycles. The van der Waals surface area contributed by atoms with Crippen LogP contribution in [0.15, 0.2) is 89.1 Å². The number of nitrogens with one attached hydrogen (secondary N) is 2. The summed E-state index contributed by atoms with van der Waals surface area (Å²) >= 11 is 1.63. The van der Waals surface area contributed by atoms with E-state index in [-0.39, 0.29) is 5.91 Å². The van der Waals surface area contributed by atoms with Crippen LogP contribution in [0.3, 0.4) is 0 Å². The van der Waals surface area contributed by atoms with E-state index in [1.807, 2.05) is 62.4 Å². The van der Waals surface area contributed by atoms with E-state index in [0.717, 1.165) is 39.2 Å². The molecule has 0 spiro atoms. The number of rotatable bonds is 6. The first kappa shape index (κ1) is 23.6. The molecule has 2 N–H and O–H groups in total. The van der Waals surface area contributed by atoms with Crippen molar-refractivity contribution in [2.75, 3.05) is 12.4 Å². The third-order valence-corrected chi connectivity index (χ3v) is 6.66. The Labute approximate surface area is 205 Å². The molecular weight excluding hydrogens is 442 g/mol. The Balaban J connectivity index is 1.66. The van der Waals surface area contributed by atoms with E-state index in [9.17, 15) is 4.79 Å². The van der Waals surface area contributed by atoms with Gasteiger partial charge in [0.05, 0.1) is 12.7 Å². The number of ether oxygens (including phenoxy) is 1. The monoisotopic (exact) mass is 471 g/mol. The highest BCUT2D eigenvalue weighted by atomic mass is 32.2. The Morgan fingerprint density at radius 1 is 1.03 bits per heavy atom. The van der Waals surface area contributed by atoms with Gasteiger partial charge in [-0.25, -0.2) is 4.99 Å². The van der Waals surface area contributed by atoms with Gasteiger partial charge in [-0.15, -0.1) is 0 Å². The fourth-order valence-corrected chi connectivity index (χ4v) is 4.82. The predicted molar refractivity (Wildman–Crippen MR) is 141 cm³/mol. The molecule has 1 atom stereocenters. The normalized spacial score (nSPS) is 15.4. The molecule has 0 bridgehead atoms. The number of hydrogen-bond donors (Lipinski definition) is 2. The maximum absolute atomic E-state index is 13.4. The second-order valence-corrected chi connectivity index (χ2v) is 9.29. The number of nitrogens with zero attached hydrogens (tertiary/aromatic N) is 1. The van der Waals surface area contributed by atoms with E-state index in [2.05, 4.69) is 41.8 Å². The summed E-state index contributed by atoms with van der Waals surface area (Å²) < 4.78 is 5.55. The third kappa shape index (κ3) is 5.51. The number of thioether (sulfide) groups is 1. The lowest BCUT2D eigenvalue weighted by molar-refractivity contribution is -0.113. The lowest BCUT2D eigenvalue weighted by Gasteiger charge is -2.27. The van der Waals surface area contributed by atoms with Crippen molar-refractivity contribution in [2.24, 2.45) is 4.99 Å². The fraction of sp³-hybridized carbons (Fsp3) is 0.214. The Hall–Kier alpha value is -3.51. The SMILES string of the molecule is COc1cc([C@H]2N=C(SCc3cccc(C)c3)NC(C)=C2C(=O)Nc2ccccc2)ccc1C. The zero-order chi connectivity index (χ0) is 24.1. The van der Waals surface area contributed by atoms with E-state index in [1.165, 1.54) is 11.1 Å². The van der Waals surface area contributed by atoms with E-state index in [1.54, 1.807) is 18.9 Å². The molecule has 0 aromatic heterocycles. The predicted octanol–water partition coefficient (Wildman–Crippen LogP) is 6.16. The van der Waals surface area contributed by atoms with Crippen molar-refractivity contribution in [2.45, 2.75) is 32.6 Å². The summed E-state index contributed by atoms with van der Waals surface area (Å²) in [6, 6.07) is 23.5. The molecular formula is C28H29N3O2S. The zero-order valence-corrected chi connectivity index (χ0v) is 20.7. The number of hydrogen-bond acceptors (Lipinski definition) is 5. The summed E-state index contributed by atoms with van der Waals surface area (Å²) in [4.78, 5) is 18.4. The zero-order valence-electron chi connectivity index (χ0n) is 19.9. The van der Waals surface area contributed by atoms with Crippen molar-refractivity contribution in [3.05, 3.63) is 106 Å². The van der Waals surface area contributed by atoms with Crippen molar-refractivity contribution >= 4 is 28.5 Å². The van der Waals surface area contributed by atoms with Crippen LogP contribution in [-0.4, -0.2) is 18.2 Å². The van der Waals surface area contributed by atoms with Crippen LogP contribution in [-0.2, 0) is 10.5 Å². The van der Waals surface area contributed by atoms with Crippen LogP contribution in [0.1, 0.15) is 35.2 Å². The maximum Gasteiger partial charge on any atom is 0.255 e. The van der Waals surface area contributed by atoms with Gasteiger partial charge in [0, 0.05) is 17.1 Å². The molecule has 6 heteroatoms. The quantitative estimate of drug-likeness (QED) is 0.452. The average Bonchev–Trinajstić information content (AvgIpc) is 2.83. The molecule has 0 fully saturated rings.